The van der Waals surface area contributed by atoms with E-state index in [4.69, 9.17) is 0 Å². The summed E-state index contributed by atoms with van der Waals surface area (Å²) < 4.78 is 0.626. The van der Waals surface area contributed by atoms with Gasteiger partial charge in [-0.3, -0.25) is 10.1 Å². The first-order chi connectivity index (χ1) is 12.2. The van der Waals surface area contributed by atoms with Crippen molar-refractivity contribution in [3.8, 4) is 0 Å². The van der Waals surface area contributed by atoms with Gasteiger partial charge in [0.25, 0.3) is 0 Å². The van der Waals surface area contributed by atoms with Crippen LogP contribution < -0.4 is 16.0 Å². The Hall–Kier alpha value is -2.13. The first-order valence-electron chi connectivity index (χ1n) is 8.09. The number of aromatic nitrogens is 2. The van der Waals surface area contributed by atoms with Crippen molar-refractivity contribution in [3.05, 3.63) is 35.4 Å². The zero-order chi connectivity index (χ0) is 19.2. The van der Waals surface area contributed by atoms with E-state index < -0.39 is 0 Å². The minimum atomic E-state index is -0.332. The number of rotatable bonds is 6. The highest BCUT2D eigenvalue weighted by Crippen LogP contribution is 2.25. The van der Waals surface area contributed by atoms with Crippen LogP contribution in [-0.4, -0.2) is 33.4 Å². The number of aryl methyl sites for hydroxylation is 1. The number of hydrogen-bond donors (Lipinski definition) is 3. The van der Waals surface area contributed by atoms with Gasteiger partial charge in [-0.2, -0.15) is 0 Å². The third-order valence-electron chi connectivity index (χ3n) is 3.05. The Kier molecular flexibility index (Phi) is 6.98. The molecule has 0 saturated heterocycles. The summed E-state index contributed by atoms with van der Waals surface area (Å²) in [7, 11) is 0. The maximum atomic E-state index is 11.9. The third-order valence-corrected chi connectivity index (χ3v) is 5.02. The van der Waals surface area contributed by atoms with Crippen molar-refractivity contribution in [1.82, 2.24) is 20.8 Å². The minimum Gasteiger partial charge on any atom is -0.351 e. The second-order valence-corrected chi connectivity index (χ2v) is 8.95. The van der Waals surface area contributed by atoms with Gasteiger partial charge in [-0.25, -0.2) is 4.79 Å². The highest BCUT2D eigenvalue weighted by Gasteiger charge is 2.15. The van der Waals surface area contributed by atoms with Crippen LogP contribution in [0.3, 0.4) is 0 Å². The number of nitrogens with zero attached hydrogens (tertiary/aromatic N) is 2. The number of hydrogen-bond acceptors (Lipinski definition) is 6. The maximum Gasteiger partial charge on any atom is 0.321 e. The Bertz CT molecular complexity index is 753. The molecule has 3 N–H and O–H groups in total. The van der Waals surface area contributed by atoms with Gasteiger partial charge < -0.3 is 10.6 Å². The molecule has 0 spiro atoms. The van der Waals surface area contributed by atoms with Gasteiger partial charge in [0.15, 0.2) is 4.34 Å². The molecule has 1 aromatic heterocycles. The van der Waals surface area contributed by atoms with E-state index in [1.807, 2.05) is 52.0 Å². The van der Waals surface area contributed by atoms with Crippen LogP contribution >= 0.6 is 23.1 Å². The zero-order valence-electron chi connectivity index (χ0n) is 15.3. The highest BCUT2D eigenvalue weighted by molar-refractivity contribution is 8.01. The van der Waals surface area contributed by atoms with Crippen LogP contribution in [0, 0.1) is 6.92 Å². The maximum absolute atomic E-state index is 11.9. The van der Waals surface area contributed by atoms with E-state index in [1.54, 1.807) is 0 Å². The fourth-order valence-corrected chi connectivity index (χ4v) is 3.45. The summed E-state index contributed by atoms with van der Waals surface area (Å²) >= 11 is 2.52. The van der Waals surface area contributed by atoms with Crippen LogP contribution in [0.15, 0.2) is 28.6 Å². The summed E-state index contributed by atoms with van der Waals surface area (Å²) in [5.41, 5.74) is 1.91. The number of nitrogens with one attached hydrogen (secondary N) is 3. The van der Waals surface area contributed by atoms with Gasteiger partial charge in [0.05, 0.1) is 5.75 Å². The normalized spacial score (nSPS) is 11.1. The average Bonchev–Trinajstić information content (AvgIpc) is 2.98. The lowest BCUT2D eigenvalue weighted by atomic mass is 10.1. The quantitative estimate of drug-likeness (QED) is 0.517. The molecule has 2 rings (SSSR count). The lowest BCUT2D eigenvalue weighted by Gasteiger charge is -2.19. The lowest BCUT2D eigenvalue weighted by Crippen LogP contribution is -2.43. The molecule has 0 bridgehead atoms. The number of carbonyl (C=O) groups is 2. The SMILES string of the molecule is Cc1ccc(CNC(=O)CSc2nnc(NC(=O)NC(C)(C)C)s2)cc1. The topological polar surface area (TPSA) is 96.0 Å². The van der Waals surface area contributed by atoms with Crippen molar-refractivity contribution in [1.29, 1.82) is 0 Å². The second kappa shape index (κ2) is 9.00. The number of carbonyl (C=O) groups excluding carboxylic acids is 2. The van der Waals surface area contributed by atoms with E-state index >= 15 is 0 Å². The van der Waals surface area contributed by atoms with E-state index in [0.29, 0.717) is 16.0 Å². The van der Waals surface area contributed by atoms with Crippen LogP contribution in [0.25, 0.3) is 0 Å². The molecule has 0 fully saturated rings. The molecule has 0 atom stereocenters. The van der Waals surface area contributed by atoms with Crippen molar-refractivity contribution >= 4 is 40.2 Å². The Balaban J connectivity index is 1.74. The van der Waals surface area contributed by atoms with Crippen molar-refractivity contribution < 1.29 is 9.59 Å². The molecule has 3 amide bonds. The Morgan fingerprint density at radius 2 is 1.85 bits per heavy atom. The molecule has 1 aromatic carbocycles. The molecule has 26 heavy (non-hydrogen) atoms. The molecule has 2 aromatic rings. The van der Waals surface area contributed by atoms with Gasteiger partial charge in [0.2, 0.25) is 11.0 Å². The van der Waals surface area contributed by atoms with E-state index in [2.05, 4.69) is 26.1 Å². The molecule has 1 heterocycles. The Morgan fingerprint density at radius 3 is 2.50 bits per heavy atom. The van der Waals surface area contributed by atoms with Crippen LogP contribution in [-0.2, 0) is 11.3 Å². The van der Waals surface area contributed by atoms with Crippen molar-refractivity contribution in [2.24, 2.45) is 0 Å². The van der Waals surface area contributed by atoms with Crippen LogP contribution in [0.5, 0.6) is 0 Å². The lowest BCUT2D eigenvalue weighted by molar-refractivity contribution is -0.118. The molecule has 7 nitrogen and oxygen atoms in total. The standard InChI is InChI=1S/C17H23N5O2S2/c1-11-5-7-12(8-6-11)9-18-13(23)10-25-16-22-21-15(26-16)19-14(24)20-17(2,3)4/h5-8H,9-10H2,1-4H3,(H,18,23)(H2,19,20,21,24). The summed E-state index contributed by atoms with van der Waals surface area (Å²) in [5.74, 6) is 0.167. The third kappa shape index (κ3) is 7.40. The summed E-state index contributed by atoms with van der Waals surface area (Å²) in [6, 6.07) is 7.69. The number of anilines is 1. The smallest absolute Gasteiger partial charge is 0.321 e. The second-order valence-electron chi connectivity index (χ2n) is 6.75. The molecule has 0 saturated carbocycles. The number of urea groups is 1. The van der Waals surface area contributed by atoms with Crippen molar-refractivity contribution in [2.45, 2.75) is 44.1 Å². The van der Waals surface area contributed by atoms with Gasteiger partial charge in [-0.15, -0.1) is 10.2 Å². The average molecular weight is 394 g/mol. The molecular weight excluding hydrogens is 370 g/mol. The number of benzene rings is 1. The van der Waals surface area contributed by atoms with Gasteiger partial charge >= 0.3 is 6.03 Å². The van der Waals surface area contributed by atoms with Crippen LogP contribution in [0.4, 0.5) is 9.93 Å². The summed E-state index contributed by atoms with van der Waals surface area (Å²) in [5, 5.41) is 16.6. The van der Waals surface area contributed by atoms with Gasteiger partial charge in [0, 0.05) is 12.1 Å². The van der Waals surface area contributed by atoms with E-state index in [0.717, 1.165) is 5.56 Å². The molecule has 9 heteroatoms. The molecule has 140 valence electrons. The monoisotopic (exact) mass is 393 g/mol. The van der Waals surface area contributed by atoms with Crippen molar-refractivity contribution in [3.63, 3.8) is 0 Å². The van der Waals surface area contributed by atoms with Crippen LogP contribution in [0.1, 0.15) is 31.9 Å². The first kappa shape index (κ1) is 20.2. The Labute approximate surface area is 161 Å². The molecule has 0 aliphatic rings. The van der Waals surface area contributed by atoms with E-state index in [1.165, 1.54) is 28.7 Å². The zero-order valence-corrected chi connectivity index (χ0v) is 16.9. The summed E-state index contributed by atoms with van der Waals surface area (Å²) in [6.45, 7) is 8.20. The fourth-order valence-electron chi connectivity index (χ4n) is 1.87. The van der Waals surface area contributed by atoms with E-state index in [-0.39, 0.29) is 23.2 Å². The largest absolute Gasteiger partial charge is 0.351 e. The fraction of sp³-hybridized carbons (Fsp3) is 0.412. The van der Waals surface area contributed by atoms with Gasteiger partial charge in [0.1, 0.15) is 0 Å². The van der Waals surface area contributed by atoms with Gasteiger partial charge in [-0.05, 0) is 33.3 Å². The number of thioether (sulfide) groups is 1. The molecule has 0 unspecified atom stereocenters. The van der Waals surface area contributed by atoms with Crippen LogP contribution in [0.2, 0.25) is 0 Å². The predicted octanol–water partition coefficient (Wildman–Crippen LogP) is 3.18. The number of amides is 3. The highest BCUT2D eigenvalue weighted by atomic mass is 32.2. The molecule has 0 aliphatic heterocycles. The van der Waals surface area contributed by atoms with E-state index in [9.17, 15) is 9.59 Å². The van der Waals surface area contributed by atoms with Gasteiger partial charge in [-0.1, -0.05) is 52.9 Å². The summed E-state index contributed by atoms with van der Waals surface area (Å²) in [6.07, 6.45) is 0. The Morgan fingerprint density at radius 1 is 1.15 bits per heavy atom. The predicted molar refractivity (Wildman–Crippen MR) is 106 cm³/mol. The first-order valence-corrected chi connectivity index (χ1v) is 9.89. The van der Waals surface area contributed by atoms with Crippen molar-refractivity contribution in [2.75, 3.05) is 11.1 Å². The summed E-state index contributed by atoms with van der Waals surface area (Å²) in [4.78, 5) is 23.7. The molecular formula is C17H23N5O2S2. The molecule has 0 radical (unpaired) electrons. The minimum absolute atomic E-state index is 0.0780. The molecule has 0 aliphatic carbocycles.